The summed E-state index contributed by atoms with van der Waals surface area (Å²) in [5.74, 6) is 5.28. The molecule has 0 aliphatic heterocycles. The van der Waals surface area contributed by atoms with Crippen molar-refractivity contribution in [1.29, 1.82) is 0 Å². The number of amides is 1. The Balaban J connectivity index is 2.67. The number of primary sulfonamides is 1. The molecule has 5 nitrogen and oxygen atoms in total. The fraction of sp³-hybridized carbons (Fsp3) is 0.250. The van der Waals surface area contributed by atoms with Crippen molar-refractivity contribution in [2.75, 3.05) is 6.54 Å². The van der Waals surface area contributed by atoms with Crippen LogP contribution in [0.1, 0.15) is 23.7 Å². The molecule has 0 saturated heterocycles. The molecule has 0 atom stereocenters. The first-order valence-electron chi connectivity index (χ1n) is 5.26. The highest BCUT2D eigenvalue weighted by Gasteiger charge is 2.09. The minimum atomic E-state index is -3.72. The van der Waals surface area contributed by atoms with Crippen LogP contribution >= 0.6 is 0 Å². The first-order chi connectivity index (χ1) is 8.45. The van der Waals surface area contributed by atoms with E-state index in [-0.39, 0.29) is 10.8 Å². The van der Waals surface area contributed by atoms with Gasteiger partial charge in [0.05, 0.1) is 4.90 Å². The van der Waals surface area contributed by atoms with Crippen molar-refractivity contribution >= 4 is 15.9 Å². The summed E-state index contributed by atoms with van der Waals surface area (Å²) in [5.41, 5.74) is 0.381. The van der Waals surface area contributed by atoms with Gasteiger partial charge in [0.1, 0.15) is 0 Å². The summed E-state index contributed by atoms with van der Waals surface area (Å²) in [6.45, 7) is 2.18. The van der Waals surface area contributed by atoms with Gasteiger partial charge in [-0.1, -0.05) is 0 Å². The van der Waals surface area contributed by atoms with E-state index in [1.54, 1.807) is 6.92 Å². The number of hydrogen-bond acceptors (Lipinski definition) is 3. The molecule has 18 heavy (non-hydrogen) atoms. The second-order valence-electron chi connectivity index (χ2n) is 3.50. The second-order valence-corrected chi connectivity index (χ2v) is 5.06. The minimum Gasteiger partial charge on any atom is -0.351 e. The van der Waals surface area contributed by atoms with Crippen LogP contribution in [0, 0.1) is 11.8 Å². The van der Waals surface area contributed by atoms with Crippen LogP contribution in [0.4, 0.5) is 0 Å². The number of rotatable bonds is 4. The summed E-state index contributed by atoms with van der Waals surface area (Å²) in [6.07, 6.45) is 0.581. The highest BCUT2D eigenvalue weighted by molar-refractivity contribution is 7.89. The largest absolute Gasteiger partial charge is 0.351 e. The summed E-state index contributed by atoms with van der Waals surface area (Å²) in [6, 6.07) is 5.44. The van der Waals surface area contributed by atoms with Gasteiger partial charge in [0.15, 0.2) is 0 Å². The monoisotopic (exact) mass is 266 g/mol. The molecule has 0 heterocycles. The molecule has 96 valence electrons. The fourth-order valence-corrected chi connectivity index (χ4v) is 1.78. The van der Waals surface area contributed by atoms with Crippen molar-refractivity contribution < 1.29 is 13.2 Å². The number of benzene rings is 1. The van der Waals surface area contributed by atoms with Crippen molar-refractivity contribution in [1.82, 2.24) is 5.32 Å². The third-order valence-corrected chi connectivity index (χ3v) is 3.09. The van der Waals surface area contributed by atoms with Gasteiger partial charge in [-0.25, -0.2) is 13.6 Å². The molecule has 0 fully saturated rings. The third kappa shape index (κ3) is 4.20. The molecule has 0 radical (unpaired) electrons. The predicted molar refractivity (Wildman–Crippen MR) is 68.2 cm³/mol. The average molecular weight is 266 g/mol. The molecule has 6 heteroatoms. The Kier molecular flexibility index (Phi) is 4.89. The van der Waals surface area contributed by atoms with E-state index in [1.165, 1.54) is 24.3 Å². The lowest BCUT2D eigenvalue weighted by molar-refractivity contribution is 0.0954. The molecule has 0 spiro atoms. The van der Waals surface area contributed by atoms with Gasteiger partial charge in [0.25, 0.3) is 5.91 Å². The minimum absolute atomic E-state index is 0.0177. The Morgan fingerprint density at radius 1 is 1.33 bits per heavy atom. The van der Waals surface area contributed by atoms with E-state index in [9.17, 15) is 13.2 Å². The van der Waals surface area contributed by atoms with E-state index in [4.69, 9.17) is 5.14 Å². The summed E-state index contributed by atoms with van der Waals surface area (Å²) in [5, 5.41) is 7.62. The average Bonchev–Trinajstić information content (AvgIpc) is 2.33. The maximum absolute atomic E-state index is 11.6. The lowest BCUT2D eigenvalue weighted by atomic mass is 10.2. The first kappa shape index (κ1) is 14.2. The number of hydrogen-bond donors (Lipinski definition) is 2. The van der Waals surface area contributed by atoms with Gasteiger partial charge in [0, 0.05) is 18.5 Å². The van der Waals surface area contributed by atoms with Crippen molar-refractivity contribution in [2.45, 2.75) is 18.2 Å². The molecule has 0 bridgehead atoms. The summed E-state index contributed by atoms with van der Waals surface area (Å²) < 4.78 is 22.0. The zero-order valence-electron chi connectivity index (χ0n) is 9.93. The number of nitrogens with one attached hydrogen (secondary N) is 1. The second kappa shape index (κ2) is 6.19. The van der Waals surface area contributed by atoms with Gasteiger partial charge in [-0.2, -0.15) is 0 Å². The van der Waals surface area contributed by atoms with Crippen LogP contribution in [0.25, 0.3) is 0 Å². The van der Waals surface area contributed by atoms with Crippen molar-refractivity contribution in [3.8, 4) is 11.8 Å². The van der Waals surface area contributed by atoms with Gasteiger partial charge in [-0.3, -0.25) is 4.79 Å². The molecule has 0 aliphatic carbocycles. The van der Waals surface area contributed by atoms with E-state index >= 15 is 0 Å². The summed E-state index contributed by atoms with van der Waals surface area (Å²) >= 11 is 0. The maximum Gasteiger partial charge on any atom is 0.251 e. The standard InChI is InChI=1S/C12H14N2O3S/c1-2-3-4-9-14-12(15)10-5-7-11(8-6-10)18(13,16)17/h5-8H,4,9H2,1H3,(H,14,15)(H2,13,16,17). The zero-order valence-corrected chi connectivity index (χ0v) is 10.8. The Hall–Kier alpha value is -1.84. The molecule has 1 aromatic carbocycles. The molecule has 0 unspecified atom stereocenters. The van der Waals surface area contributed by atoms with Crippen LogP contribution in [-0.4, -0.2) is 20.9 Å². The highest BCUT2D eigenvalue weighted by Crippen LogP contribution is 2.08. The SMILES string of the molecule is CC#CCCNC(=O)c1ccc(S(N)(=O)=O)cc1. The van der Waals surface area contributed by atoms with Crippen molar-refractivity contribution in [3.63, 3.8) is 0 Å². The maximum atomic E-state index is 11.6. The Morgan fingerprint density at radius 2 is 1.94 bits per heavy atom. The third-order valence-electron chi connectivity index (χ3n) is 2.16. The van der Waals surface area contributed by atoms with E-state index < -0.39 is 10.0 Å². The summed E-state index contributed by atoms with van der Waals surface area (Å²) in [4.78, 5) is 11.6. The molecule has 1 amide bonds. The van der Waals surface area contributed by atoms with E-state index in [1.807, 2.05) is 0 Å². The van der Waals surface area contributed by atoms with Gasteiger partial charge in [-0.15, -0.1) is 11.8 Å². The Morgan fingerprint density at radius 3 is 2.44 bits per heavy atom. The smallest absolute Gasteiger partial charge is 0.251 e. The van der Waals surface area contributed by atoms with Gasteiger partial charge >= 0.3 is 0 Å². The van der Waals surface area contributed by atoms with Crippen LogP contribution in [-0.2, 0) is 10.0 Å². The van der Waals surface area contributed by atoms with Gasteiger partial charge in [-0.05, 0) is 31.2 Å². The van der Waals surface area contributed by atoms with Crippen LogP contribution in [0.15, 0.2) is 29.2 Å². The molecular weight excluding hydrogens is 252 g/mol. The first-order valence-corrected chi connectivity index (χ1v) is 6.80. The molecule has 1 rings (SSSR count). The number of carbonyl (C=O) groups is 1. The highest BCUT2D eigenvalue weighted by atomic mass is 32.2. The van der Waals surface area contributed by atoms with Crippen LogP contribution < -0.4 is 10.5 Å². The predicted octanol–water partition coefficient (Wildman–Crippen LogP) is 0.477. The van der Waals surface area contributed by atoms with Crippen LogP contribution in [0.5, 0.6) is 0 Å². The molecule has 0 aromatic heterocycles. The zero-order chi connectivity index (χ0) is 13.6. The van der Waals surface area contributed by atoms with Crippen molar-refractivity contribution in [2.24, 2.45) is 5.14 Å². The number of nitrogens with two attached hydrogens (primary N) is 1. The van der Waals surface area contributed by atoms with Crippen LogP contribution in [0.2, 0.25) is 0 Å². The van der Waals surface area contributed by atoms with Gasteiger partial charge < -0.3 is 5.32 Å². The topological polar surface area (TPSA) is 89.3 Å². The Bertz CT molecular complexity index is 580. The van der Waals surface area contributed by atoms with Crippen LogP contribution in [0.3, 0.4) is 0 Å². The van der Waals surface area contributed by atoms with E-state index in [0.29, 0.717) is 18.5 Å². The molecule has 1 aromatic rings. The molecular formula is C12H14N2O3S. The molecule has 0 aliphatic rings. The normalized spacial score (nSPS) is 10.3. The summed E-state index contributed by atoms with van der Waals surface area (Å²) in [7, 11) is -3.72. The lowest BCUT2D eigenvalue weighted by Gasteiger charge is -2.03. The van der Waals surface area contributed by atoms with E-state index in [2.05, 4.69) is 17.2 Å². The Labute approximate surface area is 106 Å². The van der Waals surface area contributed by atoms with E-state index in [0.717, 1.165) is 0 Å². The fourth-order valence-electron chi connectivity index (χ4n) is 1.26. The number of sulfonamides is 1. The quantitative estimate of drug-likeness (QED) is 0.613. The lowest BCUT2D eigenvalue weighted by Crippen LogP contribution is -2.24. The molecule has 3 N–H and O–H groups in total. The number of carbonyl (C=O) groups excluding carboxylic acids is 1. The molecule has 0 saturated carbocycles. The van der Waals surface area contributed by atoms with Gasteiger partial charge in [0.2, 0.25) is 10.0 Å². The van der Waals surface area contributed by atoms with Crippen molar-refractivity contribution in [3.05, 3.63) is 29.8 Å².